The first kappa shape index (κ1) is 10.8. The number of aromatic hydroxyl groups is 1. The molecule has 0 atom stereocenters. The van der Waals surface area contributed by atoms with Crippen LogP contribution in [0, 0.1) is 0 Å². The first-order valence-electron chi connectivity index (χ1n) is 5.37. The van der Waals surface area contributed by atoms with Crippen molar-refractivity contribution < 1.29 is 5.11 Å². The zero-order valence-corrected chi connectivity index (χ0v) is 9.64. The molecule has 0 saturated heterocycles. The molecule has 1 aromatic rings. The quantitative estimate of drug-likeness (QED) is 0.813. The molecule has 0 bridgehead atoms. The molecular weight excluding hydrogens is 210 g/mol. The van der Waals surface area contributed by atoms with Gasteiger partial charge in [0, 0.05) is 11.1 Å². The van der Waals surface area contributed by atoms with Gasteiger partial charge in [0.25, 0.3) is 0 Å². The van der Waals surface area contributed by atoms with E-state index in [9.17, 15) is 5.11 Å². The molecule has 1 aromatic carbocycles. The molecule has 1 saturated carbocycles. The smallest absolute Gasteiger partial charge is 0.139 e. The summed E-state index contributed by atoms with van der Waals surface area (Å²) in [6, 6.07) is 3.79. The van der Waals surface area contributed by atoms with E-state index in [0.717, 1.165) is 36.8 Å². The number of rotatable bonds is 2. The van der Waals surface area contributed by atoms with Gasteiger partial charge in [-0.2, -0.15) is 0 Å². The Labute approximate surface area is 95.1 Å². The third-order valence-electron chi connectivity index (χ3n) is 3.31. The summed E-state index contributed by atoms with van der Waals surface area (Å²) in [7, 11) is 0. The van der Waals surface area contributed by atoms with Gasteiger partial charge in [0.05, 0.1) is 5.02 Å². The minimum atomic E-state index is -0.348. The lowest BCUT2D eigenvalue weighted by Gasteiger charge is -2.39. The molecule has 1 aliphatic rings. The molecule has 3 N–H and O–H groups in total. The van der Waals surface area contributed by atoms with Crippen molar-refractivity contribution in [1.82, 2.24) is 0 Å². The Balaban J connectivity index is 2.49. The predicted molar refractivity (Wildman–Crippen MR) is 62.2 cm³/mol. The number of benzene rings is 1. The maximum Gasteiger partial charge on any atom is 0.139 e. The van der Waals surface area contributed by atoms with Crippen molar-refractivity contribution in [3.05, 3.63) is 28.3 Å². The van der Waals surface area contributed by atoms with Crippen molar-refractivity contribution in [2.45, 2.75) is 38.1 Å². The Morgan fingerprint density at radius 1 is 1.47 bits per heavy atom. The molecule has 0 spiro atoms. The fraction of sp³-hybridized carbons (Fsp3) is 0.500. The Hall–Kier alpha value is -0.730. The number of phenols is 1. The summed E-state index contributed by atoms with van der Waals surface area (Å²) < 4.78 is 0. The predicted octanol–water partition coefficient (Wildman–Crippen LogP) is 2.95. The van der Waals surface area contributed by atoms with Crippen molar-refractivity contribution >= 4 is 11.6 Å². The highest BCUT2D eigenvalue weighted by Gasteiger charge is 2.37. The largest absolute Gasteiger partial charge is 0.506 e. The van der Waals surface area contributed by atoms with Crippen LogP contribution in [-0.2, 0) is 12.0 Å². The van der Waals surface area contributed by atoms with Crippen LogP contribution in [0.15, 0.2) is 12.1 Å². The molecule has 2 nitrogen and oxygen atoms in total. The normalized spacial score (nSPS) is 18.6. The average Bonchev–Trinajstić information content (AvgIpc) is 2.18. The fourth-order valence-electron chi connectivity index (χ4n) is 2.07. The molecule has 15 heavy (non-hydrogen) atoms. The minimum absolute atomic E-state index is 0.163. The van der Waals surface area contributed by atoms with Crippen LogP contribution in [0.2, 0.25) is 5.02 Å². The molecule has 0 amide bonds. The summed E-state index contributed by atoms with van der Waals surface area (Å²) in [6.07, 6.45) is 3.90. The van der Waals surface area contributed by atoms with Gasteiger partial charge in [-0.3, -0.25) is 0 Å². The maximum atomic E-state index is 9.91. The van der Waals surface area contributed by atoms with Crippen molar-refractivity contribution in [3.8, 4) is 5.75 Å². The molecule has 3 heteroatoms. The topological polar surface area (TPSA) is 46.2 Å². The third kappa shape index (κ3) is 1.72. The Bertz CT molecular complexity index is 385. The summed E-state index contributed by atoms with van der Waals surface area (Å²) in [5.74, 6) is 0.163. The number of aryl methyl sites for hydroxylation is 1. The van der Waals surface area contributed by atoms with E-state index >= 15 is 0 Å². The van der Waals surface area contributed by atoms with Crippen LogP contribution in [0.25, 0.3) is 0 Å². The van der Waals surface area contributed by atoms with Gasteiger partial charge in [0.2, 0.25) is 0 Å². The van der Waals surface area contributed by atoms with E-state index in [4.69, 9.17) is 17.3 Å². The van der Waals surface area contributed by atoms with E-state index in [1.54, 1.807) is 0 Å². The van der Waals surface area contributed by atoms with Gasteiger partial charge in [-0.25, -0.2) is 0 Å². The van der Waals surface area contributed by atoms with Crippen molar-refractivity contribution in [1.29, 1.82) is 0 Å². The van der Waals surface area contributed by atoms with Gasteiger partial charge < -0.3 is 10.8 Å². The summed E-state index contributed by atoms with van der Waals surface area (Å²) >= 11 is 5.98. The summed E-state index contributed by atoms with van der Waals surface area (Å²) in [5.41, 5.74) is 7.80. The third-order valence-corrected chi connectivity index (χ3v) is 3.60. The molecule has 0 unspecified atom stereocenters. The van der Waals surface area contributed by atoms with Crippen molar-refractivity contribution in [2.24, 2.45) is 5.73 Å². The number of halogens is 1. The highest BCUT2D eigenvalue weighted by molar-refractivity contribution is 6.32. The molecular formula is C12H16ClNO. The monoisotopic (exact) mass is 225 g/mol. The first-order chi connectivity index (χ1) is 7.07. The summed E-state index contributed by atoms with van der Waals surface area (Å²) in [6.45, 7) is 2.07. The van der Waals surface area contributed by atoms with E-state index < -0.39 is 0 Å². The summed E-state index contributed by atoms with van der Waals surface area (Å²) in [4.78, 5) is 0. The zero-order valence-electron chi connectivity index (χ0n) is 8.89. The highest BCUT2D eigenvalue weighted by atomic mass is 35.5. The molecule has 0 radical (unpaired) electrons. The van der Waals surface area contributed by atoms with E-state index in [2.05, 4.69) is 6.92 Å². The number of hydrogen-bond donors (Lipinski definition) is 2. The van der Waals surface area contributed by atoms with E-state index in [1.165, 1.54) is 0 Å². The van der Waals surface area contributed by atoms with E-state index in [-0.39, 0.29) is 11.3 Å². The van der Waals surface area contributed by atoms with Gasteiger partial charge in [0.15, 0.2) is 0 Å². The molecule has 82 valence electrons. The summed E-state index contributed by atoms with van der Waals surface area (Å²) in [5, 5.41) is 10.3. The van der Waals surface area contributed by atoms with E-state index in [1.807, 2.05) is 12.1 Å². The lowest BCUT2D eigenvalue weighted by molar-refractivity contribution is 0.245. The van der Waals surface area contributed by atoms with Gasteiger partial charge in [-0.05, 0) is 37.3 Å². The average molecular weight is 226 g/mol. The second-order valence-electron chi connectivity index (χ2n) is 4.34. The first-order valence-corrected chi connectivity index (χ1v) is 5.75. The maximum absolute atomic E-state index is 9.91. The number of phenolic OH excluding ortho intramolecular Hbond substituents is 1. The molecule has 0 aliphatic heterocycles. The second kappa shape index (κ2) is 3.69. The SMILES string of the molecule is CCc1cc(Cl)c(O)c(C2(N)CCC2)c1. The van der Waals surface area contributed by atoms with Crippen LogP contribution in [0.5, 0.6) is 5.75 Å². The van der Waals surface area contributed by atoms with Gasteiger partial charge >= 0.3 is 0 Å². The molecule has 0 heterocycles. The van der Waals surface area contributed by atoms with Crippen molar-refractivity contribution in [3.63, 3.8) is 0 Å². The van der Waals surface area contributed by atoms with Gasteiger partial charge in [-0.1, -0.05) is 24.6 Å². The fourth-order valence-corrected chi connectivity index (χ4v) is 2.31. The number of nitrogens with two attached hydrogens (primary N) is 1. The Kier molecular flexibility index (Phi) is 2.65. The lowest BCUT2D eigenvalue weighted by Crippen LogP contribution is -2.43. The highest BCUT2D eigenvalue weighted by Crippen LogP contribution is 2.45. The van der Waals surface area contributed by atoms with Crippen LogP contribution in [-0.4, -0.2) is 5.11 Å². The van der Waals surface area contributed by atoms with Gasteiger partial charge in [-0.15, -0.1) is 0 Å². The van der Waals surface area contributed by atoms with Crippen molar-refractivity contribution in [2.75, 3.05) is 0 Å². The minimum Gasteiger partial charge on any atom is -0.506 e. The van der Waals surface area contributed by atoms with Gasteiger partial charge in [0.1, 0.15) is 5.75 Å². The zero-order chi connectivity index (χ0) is 11.1. The second-order valence-corrected chi connectivity index (χ2v) is 4.74. The Morgan fingerprint density at radius 3 is 2.60 bits per heavy atom. The van der Waals surface area contributed by atoms with Crippen LogP contribution < -0.4 is 5.73 Å². The van der Waals surface area contributed by atoms with E-state index in [0.29, 0.717) is 5.02 Å². The molecule has 2 rings (SSSR count). The Morgan fingerprint density at radius 2 is 2.13 bits per heavy atom. The van der Waals surface area contributed by atoms with Crippen LogP contribution >= 0.6 is 11.6 Å². The van der Waals surface area contributed by atoms with Crippen LogP contribution in [0.3, 0.4) is 0 Å². The number of hydrogen-bond acceptors (Lipinski definition) is 2. The lowest BCUT2D eigenvalue weighted by atomic mass is 9.72. The standard InChI is InChI=1S/C12H16ClNO/c1-2-8-6-9(11(15)10(13)7-8)12(14)4-3-5-12/h6-7,15H,2-5,14H2,1H3. The van der Waals surface area contributed by atoms with Crippen LogP contribution in [0.1, 0.15) is 37.3 Å². The molecule has 1 aliphatic carbocycles. The van der Waals surface area contributed by atoms with Crippen LogP contribution in [0.4, 0.5) is 0 Å². The molecule has 1 fully saturated rings. The molecule has 0 aromatic heterocycles.